The lowest BCUT2D eigenvalue weighted by Gasteiger charge is -2.15. The number of rotatable bonds is 7. The number of halogens is 1. The van der Waals surface area contributed by atoms with Crippen LogP contribution in [0.15, 0.2) is 42.5 Å². The fourth-order valence-electron chi connectivity index (χ4n) is 2.21. The van der Waals surface area contributed by atoms with Crippen molar-refractivity contribution in [3.63, 3.8) is 0 Å². The predicted molar refractivity (Wildman–Crippen MR) is 106 cm³/mol. The normalized spacial score (nSPS) is 13.2. The number of ketones is 1. The van der Waals surface area contributed by atoms with Gasteiger partial charge in [-0.2, -0.15) is 0 Å². The van der Waals surface area contributed by atoms with Gasteiger partial charge in [-0.3, -0.25) is 9.59 Å². The van der Waals surface area contributed by atoms with E-state index in [0.29, 0.717) is 21.7 Å². The van der Waals surface area contributed by atoms with Crippen LogP contribution in [-0.2, 0) is 9.59 Å². The first kappa shape index (κ1) is 19.6. The minimum absolute atomic E-state index is 0.387. The molecule has 27 heavy (non-hydrogen) atoms. The van der Waals surface area contributed by atoms with Gasteiger partial charge in [-0.15, -0.1) is 12.6 Å². The Bertz CT molecular complexity index is 989. The van der Waals surface area contributed by atoms with Gasteiger partial charge >= 0.3 is 0 Å². The molecule has 1 N–H and O–H groups in total. The van der Waals surface area contributed by atoms with Crippen LogP contribution in [-0.4, -0.2) is 33.2 Å². The van der Waals surface area contributed by atoms with E-state index < -0.39 is 23.1 Å². The molecule has 0 saturated heterocycles. The van der Waals surface area contributed by atoms with Crippen molar-refractivity contribution in [3.05, 3.63) is 47.5 Å². The molecule has 0 bridgehead atoms. The van der Waals surface area contributed by atoms with Crippen LogP contribution in [0.3, 0.4) is 0 Å². The Morgan fingerprint density at radius 2 is 1.85 bits per heavy atom. The molecule has 0 spiro atoms. The summed E-state index contributed by atoms with van der Waals surface area (Å²) in [6, 6.07) is 11.9. The molecule has 2 atom stereocenters. The number of Topliss-reactive ketones (excluding diaryl/α,β-unsaturated/α-hetero) is 1. The Hall–Kier alpha value is -2.13. The summed E-state index contributed by atoms with van der Waals surface area (Å²) in [5, 5.41) is 9.62. The van der Waals surface area contributed by atoms with Crippen LogP contribution >= 0.6 is 35.6 Å². The number of hydrogen-bond acceptors (Lipinski definition) is 7. The van der Waals surface area contributed by atoms with E-state index in [1.165, 1.54) is 18.3 Å². The number of benzene rings is 2. The summed E-state index contributed by atoms with van der Waals surface area (Å²) in [6.45, 7) is 1.44. The van der Waals surface area contributed by atoms with Gasteiger partial charge in [-0.05, 0) is 49.4 Å². The summed E-state index contributed by atoms with van der Waals surface area (Å²) >= 11 is 10.8. The first-order valence-corrected chi connectivity index (χ1v) is 9.43. The van der Waals surface area contributed by atoms with E-state index in [9.17, 15) is 14.7 Å². The van der Waals surface area contributed by atoms with E-state index >= 15 is 0 Å². The minimum Gasteiger partial charge on any atom is -0.483 e. The lowest BCUT2D eigenvalue weighted by atomic mass is 10.1. The van der Waals surface area contributed by atoms with Crippen LogP contribution in [0.1, 0.15) is 6.92 Å². The number of thiol groups is 1. The molecule has 0 aliphatic rings. The van der Waals surface area contributed by atoms with Crippen LogP contribution in [0.25, 0.3) is 10.2 Å². The van der Waals surface area contributed by atoms with Crippen molar-refractivity contribution in [2.24, 2.45) is 0 Å². The molecule has 3 rings (SSSR count). The molecule has 1 aromatic heterocycles. The average Bonchev–Trinajstić information content (AvgIpc) is 3.03. The Morgan fingerprint density at radius 1 is 1.19 bits per heavy atom. The summed E-state index contributed by atoms with van der Waals surface area (Å²) in [5.41, 5.74) is 0.795. The van der Waals surface area contributed by atoms with Crippen LogP contribution in [0.4, 0.5) is 0 Å². The number of aliphatic hydroxyl groups is 1. The van der Waals surface area contributed by atoms with Crippen LogP contribution < -0.4 is 9.47 Å². The highest BCUT2D eigenvalue weighted by molar-refractivity contribution is 7.96. The molecule has 2 unspecified atom stereocenters. The quantitative estimate of drug-likeness (QED) is 0.443. The van der Waals surface area contributed by atoms with E-state index in [1.807, 2.05) is 12.1 Å². The van der Waals surface area contributed by atoms with Crippen molar-refractivity contribution in [1.29, 1.82) is 0 Å². The molecule has 0 amide bonds. The summed E-state index contributed by atoms with van der Waals surface area (Å²) < 4.78 is 12.1. The Morgan fingerprint density at radius 3 is 2.52 bits per heavy atom. The molecular weight excluding hydrogens is 410 g/mol. The number of thiazole rings is 1. The highest BCUT2D eigenvalue weighted by Crippen LogP contribution is 2.33. The van der Waals surface area contributed by atoms with Gasteiger partial charge in [0, 0.05) is 5.02 Å². The van der Waals surface area contributed by atoms with E-state index in [-0.39, 0.29) is 0 Å². The first-order chi connectivity index (χ1) is 12.8. The largest absolute Gasteiger partial charge is 0.483 e. The van der Waals surface area contributed by atoms with Crippen LogP contribution in [0.5, 0.6) is 16.7 Å². The molecule has 140 valence electrons. The number of carbonyl (C=O) groups excluding carboxylic acids is 2. The Kier molecular flexibility index (Phi) is 6.01. The van der Waals surface area contributed by atoms with Gasteiger partial charge in [0.05, 0.1) is 10.2 Å². The Balaban J connectivity index is 1.66. The van der Waals surface area contributed by atoms with E-state index in [1.54, 1.807) is 30.3 Å². The van der Waals surface area contributed by atoms with Crippen LogP contribution in [0, 0.1) is 0 Å². The molecular formula is C18H14ClNO5S2. The summed E-state index contributed by atoms with van der Waals surface area (Å²) in [4.78, 5) is 27.1. The standard InChI is InChI=1S/C18H14ClNO5S2/c1-9(15(21)16(22)17(23)26)24-11-3-5-12(6-4-11)25-18-20-13-7-2-10(19)8-14(13)27-18/h2-9,16,22H,1H3,(H,23,26). The average molecular weight is 424 g/mol. The zero-order valence-electron chi connectivity index (χ0n) is 14.0. The van der Waals surface area contributed by atoms with Crippen molar-refractivity contribution in [2.45, 2.75) is 19.1 Å². The van der Waals surface area contributed by atoms with Crippen molar-refractivity contribution < 1.29 is 24.2 Å². The van der Waals surface area contributed by atoms with Gasteiger partial charge in [0.25, 0.3) is 5.19 Å². The van der Waals surface area contributed by atoms with Gasteiger partial charge < -0.3 is 14.6 Å². The number of nitrogens with zero attached hydrogens (tertiary/aromatic N) is 1. The third-order valence-corrected chi connectivity index (χ3v) is 4.95. The maximum Gasteiger partial charge on any atom is 0.279 e. The third-order valence-electron chi connectivity index (χ3n) is 3.58. The molecule has 0 aliphatic heterocycles. The molecule has 9 heteroatoms. The first-order valence-electron chi connectivity index (χ1n) is 7.79. The van der Waals surface area contributed by atoms with Gasteiger partial charge in [0.2, 0.25) is 10.9 Å². The molecule has 1 heterocycles. The number of hydrogen-bond donors (Lipinski definition) is 2. The lowest BCUT2D eigenvalue weighted by molar-refractivity contribution is -0.138. The summed E-state index contributed by atoms with van der Waals surface area (Å²) in [5.74, 6) is 0.165. The minimum atomic E-state index is -1.81. The molecule has 0 saturated carbocycles. The van der Waals surface area contributed by atoms with E-state index in [4.69, 9.17) is 21.1 Å². The van der Waals surface area contributed by atoms with E-state index in [0.717, 1.165) is 10.2 Å². The fraction of sp³-hybridized carbons (Fsp3) is 0.167. The highest BCUT2D eigenvalue weighted by atomic mass is 35.5. The molecule has 2 aromatic carbocycles. The second kappa shape index (κ2) is 8.26. The van der Waals surface area contributed by atoms with Crippen molar-refractivity contribution in [2.75, 3.05) is 0 Å². The lowest BCUT2D eigenvalue weighted by Crippen LogP contribution is -2.37. The molecule has 0 aliphatic carbocycles. The number of aliphatic hydroxyl groups excluding tert-OH is 1. The number of carbonyl (C=O) groups is 2. The summed E-state index contributed by atoms with van der Waals surface area (Å²) in [7, 11) is 0. The van der Waals surface area contributed by atoms with Gasteiger partial charge in [-0.25, -0.2) is 4.98 Å². The third kappa shape index (κ3) is 4.78. The number of ether oxygens (including phenoxy) is 2. The monoisotopic (exact) mass is 423 g/mol. The highest BCUT2D eigenvalue weighted by Gasteiger charge is 2.27. The van der Waals surface area contributed by atoms with Crippen LogP contribution in [0.2, 0.25) is 5.02 Å². The molecule has 6 nitrogen and oxygen atoms in total. The zero-order valence-corrected chi connectivity index (χ0v) is 16.4. The number of fused-ring (bicyclic) bond motifs is 1. The van der Waals surface area contributed by atoms with Crippen molar-refractivity contribution in [1.82, 2.24) is 4.98 Å². The summed E-state index contributed by atoms with van der Waals surface area (Å²) in [6.07, 6.45) is -2.81. The van der Waals surface area contributed by atoms with E-state index in [2.05, 4.69) is 17.6 Å². The number of aromatic nitrogens is 1. The molecule has 3 aromatic rings. The zero-order chi connectivity index (χ0) is 19.6. The maximum atomic E-state index is 11.8. The molecule has 0 radical (unpaired) electrons. The smallest absolute Gasteiger partial charge is 0.279 e. The topological polar surface area (TPSA) is 85.7 Å². The predicted octanol–water partition coefficient (Wildman–Crippen LogP) is 3.90. The molecule has 0 fully saturated rings. The van der Waals surface area contributed by atoms with Gasteiger partial charge in [-0.1, -0.05) is 22.9 Å². The second-order valence-corrected chi connectivity index (χ2v) is 7.44. The van der Waals surface area contributed by atoms with Gasteiger partial charge in [0.1, 0.15) is 11.5 Å². The maximum absolute atomic E-state index is 11.8. The van der Waals surface area contributed by atoms with Crippen molar-refractivity contribution in [3.8, 4) is 16.7 Å². The Labute approximate surface area is 169 Å². The second-order valence-electron chi connectivity index (χ2n) is 5.57. The van der Waals surface area contributed by atoms with Crippen molar-refractivity contribution >= 4 is 56.7 Å². The fourth-order valence-corrected chi connectivity index (χ4v) is 3.45. The SMILES string of the molecule is CC(Oc1ccc(Oc2nc3ccc(Cl)cc3s2)cc1)C(=O)C(O)C(=O)S. The van der Waals surface area contributed by atoms with Gasteiger partial charge in [0.15, 0.2) is 12.2 Å².